The smallest absolute Gasteiger partial charge is 0.407 e. The molecule has 0 unspecified atom stereocenters. The summed E-state index contributed by atoms with van der Waals surface area (Å²) in [6, 6.07) is 5.67. The highest BCUT2D eigenvalue weighted by Gasteiger charge is 2.23. The monoisotopic (exact) mass is 247 g/mol. The van der Waals surface area contributed by atoms with Gasteiger partial charge in [-0.15, -0.1) is 12.4 Å². The molecule has 1 heterocycles. The van der Waals surface area contributed by atoms with Gasteiger partial charge < -0.3 is 10.1 Å². The molecule has 82 valence electrons. The number of aryl methyl sites for hydroxylation is 1. The summed E-state index contributed by atoms with van der Waals surface area (Å²) in [5, 5.41) is 3.41. The number of amides is 1. The minimum absolute atomic E-state index is 0. The lowest BCUT2D eigenvalue weighted by atomic mass is 10.1. The molecular formula is C10H11Cl2NO2. The molecule has 0 spiro atoms. The second kappa shape index (κ2) is 4.73. The van der Waals surface area contributed by atoms with E-state index in [0.29, 0.717) is 11.6 Å². The molecule has 1 atom stereocenters. The Balaban J connectivity index is 0.00000112. The maximum absolute atomic E-state index is 10.8. The largest absolute Gasteiger partial charge is 0.447 e. The number of carbonyl (C=O) groups excluding carboxylic acids is 1. The third-order valence-corrected chi connectivity index (χ3v) is 2.68. The van der Waals surface area contributed by atoms with E-state index in [2.05, 4.69) is 5.32 Å². The van der Waals surface area contributed by atoms with Crippen LogP contribution >= 0.6 is 24.0 Å². The zero-order valence-corrected chi connectivity index (χ0v) is 9.69. The number of hydrogen-bond donors (Lipinski definition) is 1. The van der Waals surface area contributed by atoms with Crippen LogP contribution in [0.4, 0.5) is 4.79 Å². The third-order valence-electron chi connectivity index (χ3n) is 2.27. The Morgan fingerprint density at radius 2 is 2.27 bits per heavy atom. The summed E-state index contributed by atoms with van der Waals surface area (Å²) in [5.74, 6) is 0. The number of hydrogen-bond acceptors (Lipinski definition) is 2. The first kappa shape index (κ1) is 12.1. The Bertz CT molecular complexity index is 382. The van der Waals surface area contributed by atoms with Crippen molar-refractivity contribution < 1.29 is 9.53 Å². The molecule has 0 aliphatic carbocycles. The zero-order chi connectivity index (χ0) is 10.1. The quantitative estimate of drug-likeness (QED) is 0.829. The maximum atomic E-state index is 10.8. The fourth-order valence-corrected chi connectivity index (χ4v) is 1.58. The number of cyclic esters (lactones) is 1. The molecule has 1 aromatic rings. The number of benzene rings is 1. The van der Waals surface area contributed by atoms with Gasteiger partial charge in [0.15, 0.2) is 0 Å². The molecule has 1 amide bonds. The molecule has 1 aliphatic rings. The highest BCUT2D eigenvalue weighted by atomic mass is 35.5. The molecule has 2 rings (SSSR count). The molecule has 1 saturated heterocycles. The molecular weight excluding hydrogens is 237 g/mol. The van der Waals surface area contributed by atoms with Crippen molar-refractivity contribution in [2.75, 3.05) is 6.61 Å². The summed E-state index contributed by atoms with van der Waals surface area (Å²) in [4.78, 5) is 10.8. The van der Waals surface area contributed by atoms with E-state index in [1.54, 1.807) is 0 Å². The fraction of sp³-hybridized carbons (Fsp3) is 0.300. The van der Waals surface area contributed by atoms with Gasteiger partial charge in [-0.25, -0.2) is 4.79 Å². The van der Waals surface area contributed by atoms with E-state index in [-0.39, 0.29) is 24.5 Å². The van der Waals surface area contributed by atoms with Gasteiger partial charge in [0.1, 0.15) is 6.61 Å². The Hall–Kier alpha value is -0.930. The van der Waals surface area contributed by atoms with Gasteiger partial charge in [0.05, 0.1) is 6.04 Å². The van der Waals surface area contributed by atoms with Gasteiger partial charge in [-0.2, -0.15) is 0 Å². The van der Waals surface area contributed by atoms with Gasteiger partial charge in [0, 0.05) is 5.02 Å². The second-order valence-corrected chi connectivity index (χ2v) is 3.71. The first-order valence-corrected chi connectivity index (χ1v) is 4.74. The van der Waals surface area contributed by atoms with Crippen LogP contribution in [-0.4, -0.2) is 12.7 Å². The summed E-state index contributed by atoms with van der Waals surface area (Å²) >= 11 is 5.98. The molecule has 1 fully saturated rings. The van der Waals surface area contributed by atoms with Crippen LogP contribution in [0.25, 0.3) is 0 Å². The molecule has 5 heteroatoms. The van der Waals surface area contributed by atoms with Crippen LogP contribution in [-0.2, 0) is 4.74 Å². The minimum Gasteiger partial charge on any atom is -0.447 e. The van der Waals surface area contributed by atoms with Crippen molar-refractivity contribution in [2.45, 2.75) is 13.0 Å². The molecule has 1 aliphatic heterocycles. The summed E-state index contributed by atoms with van der Waals surface area (Å²) in [6.45, 7) is 2.31. The lowest BCUT2D eigenvalue weighted by Crippen LogP contribution is -2.18. The van der Waals surface area contributed by atoms with E-state index >= 15 is 0 Å². The topological polar surface area (TPSA) is 38.3 Å². The van der Waals surface area contributed by atoms with Crippen LogP contribution in [0.2, 0.25) is 5.02 Å². The lowest BCUT2D eigenvalue weighted by Gasteiger charge is -2.08. The number of carbonyl (C=O) groups is 1. The molecule has 0 aromatic heterocycles. The molecule has 1 aromatic carbocycles. The van der Waals surface area contributed by atoms with Crippen LogP contribution in [0, 0.1) is 6.92 Å². The molecule has 0 bridgehead atoms. The van der Waals surface area contributed by atoms with Crippen LogP contribution in [0.15, 0.2) is 18.2 Å². The highest BCUT2D eigenvalue weighted by Crippen LogP contribution is 2.23. The van der Waals surface area contributed by atoms with Crippen LogP contribution in [0.3, 0.4) is 0 Å². The van der Waals surface area contributed by atoms with Crippen molar-refractivity contribution in [1.29, 1.82) is 0 Å². The summed E-state index contributed by atoms with van der Waals surface area (Å²) in [7, 11) is 0. The number of rotatable bonds is 1. The van der Waals surface area contributed by atoms with Crippen LogP contribution < -0.4 is 5.32 Å². The zero-order valence-electron chi connectivity index (χ0n) is 8.12. The summed E-state index contributed by atoms with van der Waals surface area (Å²) < 4.78 is 4.80. The van der Waals surface area contributed by atoms with Gasteiger partial charge in [-0.3, -0.25) is 0 Å². The normalized spacial score (nSPS) is 19.1. The average molecular weight is 248 g/mol. The van der Waals surface area contributed by atoms with E-state index < -0.39 is 0 Å². The maximum Gasteiger partial charge on any atom is 0.407 e. The van der Waals surface area contributed by atoms with E-state index in [1.165, 1.54) is 0 Å². The Morgan fingerprint density at radius 1 is 1.53 bits per heavy atom. The third kappa shape index (κ3) is 2.55. The molecule has 3 nitrogen and oxygen atoms in total. The average Bonchev–Trinajstić information content (AvgIpc) is 2.57. The Morgan fingerprint density at radius 3 is 2.80 bits per heavy atom. The van der Waals surface area contributed by atoms with E-state index in [1.807, 2.05) is 25.1 Å². The Kier molecular flexibility index (Phi) is 3.83. The molecule has 1 N–H and O–H groups in total. The number of halogens is 2. The first-order chi connectivity index (χ1) is 6.66. The van der Waals surface area contributed by atoms with E-state index in [0.717, 1.165) is 11.1 Å². The van der Waals surface area contributed by atoms with Crippen molar-refractivity contribution >= 4 is 30.1 Å². The Labute approximate surface area is 99.2 Å². The van der Waals surface area contributed by atoms with Gasteiger partial charge >= 0.3 is 6.09 Å². The highest BCUT2D eigenvalue weighted by molar-refractivity contribution is 6.31. The predicted molar refractivity (Wildman–Crippen MR) is 60.7 cm³/mol. The van der Waals surface area contributed by atoms with E-state index in [4.69, 9.17) is 16.3 Å². The standard InChI is InChI=1S/C10H10ClNO2.ClH/c1-6-2-3-7(4-8(6)11)9-5-14-10(13)12-9;/h2-4,9H,5H2,1H3,(H,12,13);1H/t9-;/m1./s1. The number of ether oxygens (including phenoxy) is 1. The predicted octanol–water partition coefficient (Wildman–Crippen LogP) is 2.85. The van der Waals surface area contributed by atoms with Crippen molar-refractivity contribution in [3.8, 4) is 0 Å². The molecule has 0 radical (unpaired) electrons. The van der Waals surface area contributed by atoms with Crippen molar-refractivity contribution in [3.63, 3.8) is 0 Å². The molecule has 0 saturated carbocycles. The fourth-order valence-electron chi connectivity index (χ4n) is 1.39. The molecule has 15 heavy (non-hydrogen) atoms. The van der Waals surface area contributed by atoms with Gasteiger partial charge in [0.25, 0.3) is 0 Å². The minimum atomic E-state index is -0.369. The SMILES string of the molecule is Cc1ccc([C@H]2COC(=O)N2)cc1Cl.Cl. The lowest BCUT2D eigenvalue weighted by molar-refractivity contribution is 0.177. The van der Waals surface area contributed by atoms with Gasteiger partial charge in [0.2, 0.25) is 0 Å². The second-order valence-electron chi connectivity index (χ2n) is 3.30. The van der Waals surface area contributed by atoms with Crippen LogP contribution in [0.5, 0.6) is 0 Å². The van der Waals surface area contributed by atoms with Crippen molar-refractivity contribution in [3.05, 3.63) is 34.3 Å². The van der Waals surface area contributed by atoms with Crippen molar-refractivity contribution in [2.24, 2.45) is 0 Å². The van der Waals surface area contributed by atoms with Gasteiger partial charge in [-0.05, 0) is 24.1 Å². The van der Waals surface area contributed by atoms with Crippen molar-refractivity contribution in [1.82, 2.24) is 5.32 Å². The number of alkyl carbamates (subject to hydrolysis) is 1. The van der Waals surface area contributed by atoms with Crippen LogP contribution in [0.1, 0.15) is 17.2 Å². The first-order valence-electron chi connectivity index (χ1n) is 4.36. The summed E-state index contributed by atoms with van der Waals surface area (Å²) in [6.07, 6.45) is -0.369. The summed E-state index contributed by atoms with van der Waals surface area (Å²) in [5.41, 5.74) is 2.01. The van der Waals surface area contributed by atoms with E-state index in [9.17, 15) is 4.79 Å². The number of nitrogens with one attached hydrogen (secondary N) is 1. The van der Waals surface area contributed by atoms with Gasteiger partial charge in [-0.1, -0.05) is 23.7 Å².